The van der Waals surface area contributed by atoms with E-state index in [1.54, 1.807) is 35.4 Å². The number of hydrogen-bond acceptors (Lipinski definition) is 5. The summed E-state index contributed by atoms with van der Waals surface area (Å²) in [5.74, 6) is -0.0854. The predicted molar refractivity (Wildman–Crippen MR) is 109 cm³/mol. The molecule has 0 bridgehead atoms. The van der Waals surface area contributed by atoms with Crippen LogP contribution in [0, 0.1) is 5.92 Å². The Morgan fingerprint density at radius 3 is 2.56 bits per heavy atom. The van der Waals surface area contributed by atoms with Crippen LogP contribution in [0.4, 0.5) is 5.69 Å². The molecule has 0 amide bonds. The van der Waals surface area contributed by atoms with Crippen LogP contribution in [0.5, 0.6) is 0 Å². The summed E-state index contributed by atoms with van der Waals surface area (Å²) in [4.78, 5) is 12.9. The number of hydrazone groups is 1. The maximum atomic E-state index is 12.9. The molecule has 5 nitrogen and oxygen atoms in total. The number of halogens is 1. The van der Waals surface area contributed by atoms with Crippen molar-refractivity contribution in [3.8, 4) is 0 Å². The normalized spacial score (nSPS) is 16.5. The average molecular weight is 384 g/mol. The van der Waals surface area contributed by atoms with Gasteiger partial charge in [0.15, 0.2) is 5.78 Å². The highest BCUT2D eigenvalue weighted by Crippen LogP contribution is 2.27. The van der Waals surface area contributed by atoms with Gasteiger partial charge >= 0.3 is 0 Å². The minimum absolute atomic E-state index is 0.141. The first-order valence-electron chi connectivity index (χ1n) is 8.93. The lowest BCUT2D eigenvalue weighted by Gasteiger charge is -2.28. The number of nitrogens with two attached hydrogens (primary N) is 1. The Hall–Kier alpha value is -2.79. The Morgan fingerprint density at radius 2 is 1.89 bits per heavy atom. The molecule has 27 heavy (non-hydrogen) atoms. The molecule has 1 atom stereocenters. The van der Waals surface area contributed by atoms with E-state index in [9.17, 15) is 4.79 Å². The van der Waals surface area contributed by atoms with Gasteiger partial charge in [0.2, 0.25) is 5.88 Å². The van der Waals surface area contributed by atoms with Crippen molar-refractivity contribution in [2.75, 3.05) is 11.6 Å². The second-order valence-corrected chi connectivity index (χ2v) is 6.66. The quantitative estimate of drug-likeness (QED) is 0.560. The number of carbonyl (C=O) groups is 1. The third kappa shape index (κ3) is 4.49. The molecule has 0 spiro atoms. The van der Waals surface area contributed by atoms with Crippen molar-refractivity contribution < 1.29 is 9.53 Å². The number of carbonyl (C=O) groups excluding carboxylic acids is 1. The number of anilines is 1. The van der Waals surface area contributed by atoms with Crippen LogP contribution in [0.15, 0.2) is 71.7 Å². The molecule has 2 aromatic carbocycles. The maximum Gasteiger partial charge on any atom is 0.212 e. The van der Waals surface area contributed by atoms with Crippen LogP contribution in [-0.2, 0) is 4.74 Å². The van der Waals surface area contributed by atoms with Gasteiger partial charge in [0.1, 0.15) is 11.8 Å². The molecule has 1 heterocycles. The van der Waals surface area contributed by atoms with Crippen LogP contribution >= 0.6 is 11.6 Å². The zero-order valence-electron chi connectivity index (χ0n) is 15.1. The van der Waals surface area contributed by atoms with Gasteiger partial charge in [0, 0.05) is 10.6 Å². The van der Waals surface area contributed by atoms with Crippen molar-refractivity contribution in [3.05, 3.63) is 77.1 Å². The SMILES string of the molecule is CCCCOC1=CC(C(=O)c2ccc(Cl)cc2)C(N)=NN1c1ccccc1. The first kappa shape index (κ1) is 19.0. The van der Waals surface area contributed by atoms with Gasteiger partial charge in [-0.15, -0.1) is 0 Å². The summed E-state index contributed by atoms with van der Waals surface area (Å²) in [6.45, 7) is 2.64. The van der Waals surface area contributed by atoms with Crippen molar-refractivity contribution in [2.24, 2.45) is 16.8 Å². The summed E-state index contributed by atoms with van der Waals surface area (Å²) < 4.78 is 5.93. The van der Waals surface area contributed by atoms with Crippen molar-refractivity contribution in [1.29, 1.82) is 0 Å². The molecule has 0 fully saturated rings. The molecule has 0 radical (unpaired) electrons. The van der Waals surface area contributed by atoms with E-state index in [1.807, 2.05) is 30.3 Å². The number of unbranched alkanes of at least 4 members (excludes halogenated alkanes) is 1. The molecule has 140 valence electrons. The highest BCUT2D eigenvalue weighted by Gasteiger charge is 2.30. The van der Waals surface area contributed by atoms with E-state index in [2.05, 4.69) is 12.0 Å². The lowest BCUT2D eigenvalue weighted by atomic mass is 9.95. The molecule has 1 aliphatic rings. The van der Waals surface area contributed by atoms with Crippen LogP contribution in [0.3, 0.4) is 0 Å². The highest BCUT2D eigenvalue weighted by molar-refractivity contribution is 6.30. The second kappa shape index (κ2) is 8.73. The Labute approximate surface area is 164 Å². The fourth-order valence-electron chi connectivity index (χ4n) is 2.71. The maximum absolute atomic E-state index is 12.9. The number of rotatable bonds is 7. The minimum atomic E-state index is -0.678. The van der Waals surface area contributed by atoms with Gasteiger partial charge < -0.3 is 10.5 Å². The molecule has 2 aromatic rings. The fraction of sp³-hybridized carbons (Fsp3) is 0.238. The number of nitrogens with zero attached hydrogens (tertiary/aromatic N) is 2. The summed E-state index contributed by atoms with van der Waals surface area (Å²) >= 11 is 5.91. The number of amidine groups is 1. The van der Waals surface area contributed by atoms with Gasteiger partial charge in [-0.25, -0.2) is 0 Å². The highest BCUT2D eigenvalue weighted by atomic mass is 35.5. The smallest absolute Gasteiger partial charge is 0.212 e. The molecular weight excluding hydrogens is 362 g/mol. The molecule has 6 heteroatoms. The largest absolute Gasteiger partial charge is 0.478 e. The van der Waals surface area contributed by atoms with Crippen LogP contribution in [0.1, 0.15) is 30.1 Å². The summed E-state index contributed by atoms with van der Waals surface area (Å²) in [6, 6.07) is 16.3. The number of para-hydroxylation sites is 1. The number of Topliss-reactive ketones (excluding diaryl/α,β-unsaturated/α-hetero) is 1. The van der Waals surface area contributed by atoms with Crippen molar-refractivity contribution in [3.63, 3.8) is 0 Å². The van der Waals surface area contributed by atoms with Gasteiger partial charge in [-0.05, 0) is 48.9 Å². The number of benzene rings is 2. The molecule has 1 aliphatic heterocycles. The Morgan fingerprint density at radius 1 is 1.19 bits per heavy atom. The fourth-order valence-corrected chi connectivity index (χ4v) is 2.84. The van der Waals surface area contributed by atoms with Crippen LogP contribution < -0.4 is 10.7 Å². The Balaban J connectivity index is 1.91. The van der Waals surface area contributed by atoms with Crippen LogP contribution in [0.25, 0.3) is 0 Å². The molecular formula is C21H22ClN3O2. The topological polar surface area (TPSA) is 67.9 Å². The summed E-state index contributed by atoms with van der Waals surface area (Å²) in [6.07, 6.45) is 3.66. The van der Waals surface area contributed by atoms with E-state index in [0.29, 0.717) is 23.1 Å². The first-order chi connectivity index (χ1) is 13.1. The third-order valence-corrected chi connectivity index (χ3v) is 4.46. The van der Waals surface area contributed by atoms with E-state index >= 15 is 0 Å². The van der Waals surface area contributed by atoms with Crippen molar-refractivity contribution >= 4 is 28.9 Å². The number of hydrogen-bond donors (Lipinski definition) is 1. The van der Waals surface area contributed by atoms with Gasteiger partial charge in [-0.3, -0.25) is 4.79 Å². The van der Waals surface area contributed by atoms with E-state index < -0.39 is 5.92 Å². The zero-order chi connectivity index (χ0) is 19.2. The first-order valence-corrected chi connectivity index (χ1v) is 9.31. The van der Waals surface area contributed by atoms with Gasteiger partial charge in [0.25, 0.3) is 0 Å². The van der Waals surface area contributed by atoms with E-state index in [-0.39, 0.29) is 11.6 Å². The molecule has 2 N–H and O–H groups in total. The van der Waals surface area contributed by atoms with Crippen LogP contribution in [0.2, 0.25) is 5.02 Å². The summed E-state index contributed by atoms with van der Waals surface area (Å²) in [5.41, 5.74) is 7.50. The van der Waals surface area contributed by atoms with Crippen LogP contribution in [-0.4, -0.2) is 18.2 Å². The molecule has 0 aromatic heterocycles. The Kier molecular flexibility index (Phi) is 6.14. The summed E-state index contributed by atoms with van der Waals surface area (Å²) in [7, 11) is 0. The number of ketones is 1. The lowest BCUT2D eigenvalue weighted by molar-refractivity contribution is 0.0966. The second-order valence-electron chi connectivity index (χ2n) is 6.23. The van der Waals surface area contributed by atoms with Crippen molar-refractivity contribution in [2.45, 2.75) is 19.8 Å². The Bertz CT molecular complexity index is 847. The lowest BCUT2D eigenvalue weighted by Crippen LogP contribution is -2.37. The third-order valence-electron chi connectivity index (χ3n) is 4.21. The minimum Gasteiger partial charge on any atom is -0.478 e. The molecule has 0 saturated heterocycles. The molecule has 1 unspecified atom stereocenters. The zero-order valence-corrected chi connectivity index (χ0v) is 15.9. The molecule has 3 rings (SSSR count). The average Bonchev–Trinajstić information content (AvgIpc) is 2.69. The number of ether oxygens (including phenoxy) is 1. The van der Waals surface area contributed by atoms with E-state index in [0.717, 1.165) is 18.5 Å². The predicted octanol–water partition coefficient (Wildman–Crippen LogP) is 4.59. The van der Waals surface area contributed by atoms with Gasteiger partial charge in [-0.1, -0.05) is 43.1 Å². The van der Waals surface area contributed by atoms with E-state index in [4.69, 9.17) is 22.1 Å². The van der Waals surface area contributed by atoms with Crippen molar-refractivity contribution in [1.82, 2.24) is 0 Å². The summed E-state index contributed by atoms with van der Waals surface area (Å²) in [5, 5.41) is 6.66. The molecule has 0 aliphatic carbocycles. The monoisotopic (exact) mass is 383 g/mol. The van der Waals surface area contributed by atoms with Gasteiger partial charge in [0.05, 0.1) is 12.3 Å². The van der Waals surface area contributed by atoms with Gasteiger partial charge in [-0.2, -0.15) is 10.1 Å². The standard InChI is InChI=1S/C21H22ClN3O2/c1-2-3-13-27-19-14-18(20(26)15-9-11-16(22)12-10-15)21(23)24-25(19)17-7-5-4-6-8-17/h4-12,14,18H,2-3,13H2,1H3,(H2,23,24). The van der Waals surface area contributed by atoms with E-state index in [1.165, 1.54) is 0 Å². The molecule has 0 saturated carbocycles.